The van der Waals surface area contributed by atoms with Gasteiger partial charge in [0.05, 0.1) is 11.6 Å². The minimum absolute atomic E-state index is 0.0542. The summed E-state index contributed by atoms with van der Waals surface area (Å²) in [5.74, 6) is 1.11. The van der Waals surface area contributed by atoms with Crippen molar-refractivity contribution in [3.8, 4) is 0 Å². The molecule has 1 aliphatic heterocycles. The predicted molar refractivity (Wildman–Crippen MR) is 85.8 cm³/mol. The molecule has 0 saturated carbocycles. The van der Waals surface area contributed by atoms with Gasteiger partial charge in [-0.1, -0.05) is 18.2 Å². The van der Waals surface area contributed by atoms with Gasteiger partial charge in [-0.15, -0.1) is 23.1 Å². The van der Waals surface area contributed by atoms with Crippen molar-refractivity contribution in [2.24, 2.45) is 0 Å². The number of carbonyl (C=O) groups is 1. The molecule has 1 aromatic heterocycles. The molecule has 0 spiro atoms. The van der Waals surface area contributed by atoms with Crippen LogP contribution in [-0.2, 0) is 0 Å². The number of benzene rings is 1. The average molecular weight is 303 g/mol. The monoisotopic (exact) mass is 303 g/mol. The van der Waals surface area contributed by atoms with Gasteiger partial charge in [0, 0.05) is 20.4 Å². The van der Waals surface area contributed by atoms with Crippen molar-refractivity contribution in [1.29, 1.82) is 0 Å². The Bertz CT molecular complexity index is 648. The fourth-order valence-corrected chi connectivity index (χ4v) is 4.63. The van der Waals surface area contributed by atoms with Gasteiger partial charge in [0.15, 0.2) is 0 Å². The molecule has 3 rings (SSSR count). The van der Waals surface area contributed by atoms with Crippen molar-refractivity contribution in [3.05, 3.63) is 51.2 Å². The molecule has 0 saturated heterocycles. The van der Waals surface area contributed by atoms with E-state index in [1.807, 2.05) is 37.7 Å². The van der Waals surface area contributed by atoms with Gasteiger partial charge >= 0.3 is 0 Å². The molecule has 1 aliphatic rings. The van der Waals surface area contributed by atoms with Crippen LogP contribution >= 0.6 is 23.1 Å². The van der Waals surface area contributed by atoms with Crippen LogP contribution in [-0.4, -0.2) is 11.7 Å². The first-order chi connectivity index (χ1) is 9.65. The molecule has 2 heterocycles. The Labute approximate surface area is 127 Å². The van der Waals surface area contributed by atoms with E-state index in [9.17, 15) is 4.79 Å². The summed E-state index contributed by atoms with van der Waals surface area (Å²) in [7, 11) is 0. The zero-order valence-corrected chi connectivity index (χ0v) is 13.2. The lowest BCUT2D eigenvalue weighted by Gasteiger charge is -2.25. The van der Waals surface area contributed by atoms with Crippen molar-refractivity contribution < 1.29 is 4.79 Å². The summed E-state index contributed by atoms with van der Waals surface area (Å²) in [5.41, 5.74) is 2.07. The highest BCUT2D eigenvalue weighted by Crippen LogP contribution is 2.36. The molecule has 2 aromatic rings. The van der Waals surface area contributed by atoms with Crippen LogP contribution in [0, 0.1) is 13.8 Å². The summed E-state index contributed by atoms with van der Waals surface area (Å²) < 4.78 is 0. The van der Waals surface area contributed by atoms with E-state index in [-0.39, 0.29) is 11.9 Å². The number of aryl methyl sites for hydroxylation is 2. The van der Waals surface area contributed by atoms with Gasteiger partial charge in [0.1, 0.15) is 0 Å². The number of thiophene rings is 1. The molecule has 1 amide bonds. The SMILES string of the molecule is Cc1cc(C(=O)N[C@@H]2CCSc3ccccc32)c(C)s1. The summed E-state index contributed by atoms with van der Waals surface area (Å²) >= 11 is 3.55. The van der Waals surface area contributed by atoms with Gasteiger partial charge in [-0.25, -0.2) is 0 Å². The summed E-state index contributed by atoms with van der Waals surface area (Å²) in [6.45, 7) is 4.05. The van der Waals surface area contributed by atoms with Crippen molar-refractivity contribution in [2.45, 2.75) is 31.2 Å². The second-order valence-electron chi connectivity index (χ2n) is 5.03. The summed E-state index contributed by atoms with van der Waals surface area (Å²) in [6.07, 6.45) is 0.996. The maximum atomic E-state index is 12.4. The van der Waals surface area contributed by atoms with Crippen LogP contribution in [0.3, 0.4) is 0 Å². The topological polar surface area (TPSA) is 29.1 Å². The molecule has 2 nitrogen and oxygen atoms in total. The molecular formula is C16H17NOS2. The van der Waals surface area contributed by atoms with Crippen LogP contribution in [0.5, 0.6) is 0 Å². The number of hydrogen-bond acceptors (Lipinski definition) is 3. The van der Waals surface area contributed by atoms with E-state index in [4.69, 9.17) is 0 Å². The number of fused-ring (bicyclic) bond motifs is 1. The highest BCUT2D eigenvalue weighted by molar-refractivity contribution is 7.99. The van der Waals surface area contributed by atoms with Crippen molar-refractivity contribution >= 4 is 29.0 Å². The van der Waals surface area contributed by atoms with Crippen LogP contribution < -0.4 is 5.32 Å². The van der Waals surface area contributed by atoms with Crippen molar-refractivity contribution in [2.75, 3.05) is 5.75 Å². The number of amides is 1. The Hall–Kier alpha value is -1.26. The van der Waals surface area contributed by atoms with Gasteiger partial charge in [-0.05, 0) is 38.0 Å². The Kier molecular flexibility index (Phi) is 3.85. The first-order valence-corrected chi connectivity index (χ1v) is 8.55. The molecule has 0 bridgehead atoms. The molecule has 0 radical (unpaired) electrons. The van der Waals surface area contributed by atoms with Crippen LogP contribution in [0.2, 0.25) is 0 Å². The maximum absolute atomic E-state index is 12.4. The zero-order chi connectivity index (χ0) is 14.1. The highest BCUT2D eigenvalue weighted by Gasteiger charge is 2.23. The molecule has 4 heteroatoms. The third kappa shape index (κ3) is 2.63. The van der Waals surface area contributed by atoms with Crippen LogP contribution in [0.15, 0.2) is 35.2 Å². The van der Waals surface area contributed by atoms with Gasteiger partial charge in [-0.3, -0.25) is 4.79 Å². The Morgan fingerprint density at radius 1 is 1.30 bits per heavy atom. The normalized spacial score (nSPS) is 17.6. The van der Waals surface area contributed by atoms with Crippen LogP contribution in [0.1, 0.15) is 38.1 Å². The lowest BCUT2D eigenvalue weighted by atomic mass is 10.0. The van der Waals surface area contributed by atoms with E-state index in [0.29, 0.717) is 0 Å². The van der Waals surface area contributed by atoms with Crippen molar-refractivity contribution in [3.63, 3.8) is 0 Å². The fourth-order valence-electron chi connectivity index (χ4n) is 2.58. The molecule has 0 aliphatic carbocycles. The smallest absolute Gasteiger partial charge is 0.252 e. The lowest BCUT2D eigenvalue weighted by Crippen LogP contribution is -2.30. The molecule has 1 aromatic carbocycles. The first kappa shape index (κ1) is 13.7. The maximum Gasteiger partial charge on any atom is 0.252 e. The second-order valence-corrected chi connectivity index (χ2v) is 7.63. The number of carbonyl (C=O) groups excluding carboxylic acids is 1. The lowest BCUT2D eigenvalue weighted by molar-refractivity contribution is 0.0935. The van der Waals surface area contributed by atoms with Crippen molar-refractivity contribution in [1.82, 2.24) is 5.32 Å². The highest BCUT2D eigenvalue weighted by atomic mass is 32.2. The van der Waals surface area contributed by atoms with Crippen LogP contribution in [0.25, 0.3) is 0 Å². The molecule has 1 atom stereocenters. The van der Waals surface area contributed by atoms with E-state index >= 15 is 0 Å². The third-order valence-corrected chi connectivity index (χ3v) is 5.64. The molecule has 20 heavy (non-hydrogen) atoms. The number of nitrogens with one attached hydrogen (secondary N) is 1. The second kappa shape index (κ2) is 5.62. The van der Waals surface area contributed by atoms with E-state index in [2.05, 4.69) is 23.5 Å². The van der Waals surface area contributed by atoms with Gasteiger partial charge in [0.2, 0.25) is 0 Å². The number of rotatable bonds is 2. The summed E-state index contributed by atoms with van der Waals surface area (Å²) in [6, 6.07) is 10.5. The van der Waals surface area contributed by atoms with Gasteiger partial charge < -0.3 is 5.32 Å². The fraction of sp³-hybridized carbons (Fsp3) is 0.312. The summed E-state index contributed by atoms with van der Waals surface area (Å²) in [5, 5.41) is 3.20. The molecule has 0 fully saturated rings. The summed E-state index contributed by atoms with van der Waals surface area (Å²) in [4.78, 5) is 16.0. The van der Waals surface area contributed by atoms with E-state index < -0.39 is 0 Å². The molecule has 104 valence electrons. The van der Waals surface area contributed by atoms with E-state index in [1.54, 1.807) is 11.3 Å². The number of thioether (sulfide) groups is 1. The third-order valence-electron chi connectivity index (χ3n) is 3.55. The van der Waals surface area contributed by atoms with Gasteiger partial charge in [-0.2, -0.15) is 0 Å². The molecule has 0 unspecified atom stereocenters. The minimum atomic E-state index is 0.0542. The largest absolute Gasteiger partial charge is 0.345 e. The van der Waals surface area contributed by atoms with E-state index in [0.717, 1.165) is 22.6 Å². The quantitative estimate of drug-likeness (QED) is 0.894. The van der Waals surface area contributed by atoms with Crippen LogP contribution in [0.4, 0.5) is 0 Å². The zero-order valence-electron chi connectivity index (χ0n) is 11.6. The minimum Gasteiger partial charge on any atom is -0.345 e. The Morgan fingerprint density at radius 3 is 2.85 bits per heavy atom. The average Bonchev–Trinajstić information content (AvgIpc) is 2.78. The molecular weight excluding hydrogens is 286 g/mol. The first-order valence-electron chi connectivity index (χ1n) is 6.75. The number of hydrogen-bond donors (Lipinski definition) is 1. The predicted octanol–water partition coefficient (Wildman–Crippen LogP) is 4.33. The Balaban J connectivity index is 1.82. The standard InChI is InChI=1S/C16H17NOS2/c1-10-9-13(11(2)20-10)16(18)17-14-7-8-19-15-6-4-3-5-12(14)15/h3-6,9,14H,7-8H2,1-2H3,(H,17,18)/t14-/m1/s1. The van der Waals surface area contributed by atoms with E-state index in [1.165, 1.54) is 15.3 Å². The Morgan fingerprint density at radius 2 is 2.10 bits per heavy atom. The molecule has 1 N–H and O–H groups in total. The van der Waals surface area contributed by atoms with Gasteiger partial charge in [0.25, 0.3) is 5.91 Å².